The van der Waals surface area contributed by atoms with Crippen molar-refractivity contribution in [3.63, 3.8) is 0 Å². The van der Waals surface area contributed by atoms with Crippen molar-refractivity contribution in [2.24, 2.45) is 43.3 Å². The molecule has 0 bridgehead atoms. The summed E-state index contributed by atoms with van der Waals surface area (Å²) >= 11 is 0. The minimum atomic E-state index is -0.00926. The summed E-state index contributed by atoms with van der Waals surface area (Å²) in [4.78, 5) is 0. The first-order chi connectivity index (χ1) is 43.3. The van der Waals surface area contributed by atoms with Gasteiger partial charge in [0.05, 0.1) is 43.7 Å². The molecule has 0 aliphatic rings. The van der Waals surface area contributed by atoms with Gasteiger partial charge < -0.3 is 33.2 Å². The number of ether oxygens (including phenoxy) is 7. The predicted molar refractivity (Wildman–Crippen MR) is 436 cm³/mol. The van der Waals surface area contributed by atoms with E-state index in [0.717, 1.165) is 32.7 Å². The maximum Gasteiger partial charge on any atom is 0.0700 e. The van der Waals surface area contributed by atoms with Crippen molar-refractivity contribution in [2.75, 3.05) is 75.7 Å². The van der Waals surface area contributed by atoms with Gasteiger partial charge in [0, 0.05) is 49.3 Å². The topological polar surface area (TPSA) is 64.6 Å². The molecule has 0 saturated carbocycles. The molecule has 0 aliphatic heterocycles. The summed E-state index contributed by atoms with van der Waals surface area (Å²) in [5, 5.41) is 0. The Morgan fingerprint density at radius 1 is 0.229 bits per heavy atom. The van der Waals surface area contributed by atoms with Crippen LogP contribution in [0.4, 0.5) is 0 Å². The molecule has 96 heavy (non-hydrogen) atoms. The Bertz CT molecular complexity index is 1640. The minimum absolute atomic E-state index is 0.00926. The molecule has 0 fully saturated rings. The summed E-state index contributed by atoms with van der Waals surface area (Å²) in [5.74, 6) is 0. The largest absolute Gasteiger partial charge is 0.388 e. The van der Waals surface area contributed by atoms with Gasteiger partial charge >= 0.3 is 0 Å². The van der Waals surface area contributed by atoms with Gasteiger partial charge in [-0.05, 0) is 105 Å². The highest BCUT2D eigenvalue weighted by Crippen LogP contribution is 2.25. The number of hydrogen-bond acceptors (Lipinski definition) is 7. The molecule has 0 aliphatic carbocycles. The van der Waals surface area contributed by atoms with Crippen molar-refractivity contribution in [3.8, 4) is 0 Å². The SMILES string of the molecule is CC(C)(C)C.CC(C)(C)C.CC(C)(C)C.CC(C)(C)C.CC(C)(C)CCOC(C)(C)C.CC(C)(C)COCCOCC(C)(C)C.CC(CC(C)(C)C)OC(C)(C)C.COC.COC.COC.c1ccccc1.c1ccccc1.c1ccccc1.c1ccccc1.c1ccccc1. The van der Waals surface area contributed by atoms with E-state index in [2.05, 4.69) is 257 Å². The minimum Gasteiger partial charge on any atom is -0.388 e. The van der Waals surface area contributed by atoms with E-state index in [1.54, 1.807) is 42.7 Å². The van der Waals surface area contributed by atoms with Gasteiger partial charge in [-0.1, -0.05) is 376 Å². The van der Waals surface area contributed by atoms with Crippen LogP contribution in [-0.4, -0.2) is 93.0 Å². The molecular formula is C89H168O7. The highest BCUT2D eigenvalue weighted by atomic mass is 16.5. The molecule has 0 N–H and O–H groups in total. The molecule has 7 nitrogen and oxygen atoms in total. The molecule has 5 rings (SSSR count). The van der Waals surface area contributed by atoms with E-state index in [1.165, 1.54) is 0 Å². The Hall–Kier alpha value is -4.18. The Labute approximate surface area is 603 Å². The molecule has 0 saturated heterocycles. The van der Waals surface area contributed by atoms with Gasteiger partial charge in [-0.25, -0.2) is 0 Å². The number of rotatable bonds is 9. The van der Waals surface area contributed by atoms with Gasteiger partial charge in [-0.15, -0.1) is 0 Å². The van der Waals surface area contributed by atoms with Crippen molar-refractivity contribution in [1.82, 2.24) is 0 Å². The van der Waals surface area contributed by atoms with Crippen LogP contribution in [0.25, 0.3) is 0 Å². The Morgan fingerprint density at radius 2 is 0.385 bits per heavy atom. The summed E-state index contributed by atoms with van der Waals surface area (Å²) in [6.07, 6.45) is 2.60. The third kappa shape index (κ3) is 236. The first kappa shape index (κ1) is 113. The standard InChI is InChI=1S/C12H26O2.C11H24O.C10H22O.5C6H6.4C5H12.3C2H6O/c1-11(2,3)9-13-7-8-14-10-12(4,5)6;1-9(8-10(2,3)4)12-11(5,6)7;1-9(2,3)7-8-11-10(4,5)6;5*1-2-4-6-5-3-1;4*1-5(2,3)4;3*1-3-2/h7-10H2,1-6H3;9H,8H2,1-7H3;7-8H2,1-6H3;5*1-6H;4*1-4H3;3*1-2H3. The summed E-state index contributed by atoms with van der Waals surface area (Å²) < 4.78 is 35.1. The fourth-order valence-corrected chi connectivity index (χ4v) is 4.97. The molecule has 0 aromatic heterocycles. The van der Waals surface area contributed by atoms with Gasteiger partial charge in [-0.3, -0.25) is 0 Å². The van der Waals surface area contributed by atoms with Gasteiger partial charge in [0.15, 0.2) is 0 Å². The van der Waals surface area contributed by atoms with E-state index < -0.39 is 0 Å². The van der Waals surface area contributed by atoms with E-state index in [1.807, 2.05) is 182 Å². The zero-order valence-corrected chi connectivity index (χ0v) is 71.7. The maximum absolute atomic E-state index is 5.81. The molecule has 1 unspecified atom stereocenters. The average molecular weight is 1350 g/mol. The summed E-state index contributed by atoms with van der Waals surface area (Å²) in [6, 6.07) is 60.0. The molecule has 5 aromatic carbocycles. The van der Waals surface area contributed by atoms with Crippen LogP contribution in [-0.2, 0) is 33.2 Å². The van der Waals surface area contributed by atoms with E-state index in [9.17, 15) is 0 Å². The number of benzene rings is 5. The van der Waals surface area contributed by atoms with E-state index in [4.69, 9.17) is 18.9 Å². The van der Waals surface area contributed by atoms with Crippen molar-refractivity contribution >= 4 is 0 Å². The van der Waals surface area contributed by atoms with Crippen LogP contribution in [0.15, 0.2) is 182 Å². The van der Waals surface area contributed by atoms with E-state index in [0.29, 0.717) is 51.8 Å². The van der Waals surface area contributed by atoms with Crippen molar-refractivity contribution < 1.29 is 33.2 Å². The maximum atomic E-state index is 5.81. The summed E-state index contributed by atoms with van der Waals surface area (Å²) in [5.41, 5.74) is 3.28. The first-order valence-electron chi connectivity index (χ1n) is 34.9. The second-order valence-corrected chi connectivity index (χ2v) is 36.3. The molecule has 0 spiro atoms. The van der Waals surface area contributed by atoms with Crippen LogP contribution >= 0.6 is 0 Å². The molecule has 0 heterocycles. The molecular weight excluding hydrogens is 1180 g/mol. The van der Waals surface area contributed by atoms with Crippen molar-refractivity contribution in [3.05, 3.63) is 182 Å². The molecule has 1 atom stereocenters. The van der Waals surface area contributed by atoms with Crippen LogP contribution in [0.5, 0.6) is 0 Å². The lowest BCUT2D eigenvalue weighted by Gasteiger charge is -2.29. The molecule has 0 amide bonds. The highest BCUT2D eigenvalue weighted by Gasteiger charge is 2.20. The van der Waals surface area contributed by atoms with Crippen LogP contribution < -0.4 is 0 Å². The van der Waals surface area contributed by atoms with Gasteiger partial charge in [0.2, 0.25) is 0 Å². The second-order valence-electron chi connectivity index (χ2n) is 36.3. The smallest absolute Gasteiger partial charge is 0.0700 e. The van der Waals surface area contributed by atoms with Crippen LogP contribution in [0.3, 0.4) is 0 Å². The molecule has 5 aromatic rings. The normalized spacial score (nSPS) is 11.1. The van der Waals surface area contributed by atoms with Crippen molar-refractivity contribution in [2.45, 2.75) is 272 Å². The molecule has 0 radical (unpaired) electrons. The lowest BCUT2D eigenvalue weighted by Crippen LogP contribution is -2.28. The lowest BCUT2D eigenvalue weighted by molar-refractivity contribution is -0.0650. The molecule has 7 heteroatoms. The van der Waals surface area contributed by atoms with Gasteiger partial charge in [0.1, 0.15) is 0 Å². The molecule has 566 valence electrons. The van der Waals surface area contributed by atoms with Gasteiger partial charge in [-0.2, -0.15) is 0 Å². The Morgan fingerprint density at radius 3 is 0.490 bits per heavy atom. The second kappa shape index (κ2) is 69.3. The summed E-state index contributed by atoms with van der Waals surface area (Å²) in [6.45, 7) is 80.1. The number of methoxy groups -OCH3 is 3. The zero-order valence-electron chi connectivity index (χ0n) is 71.7. The quantitative estimate of drug-likeness (QED) is 0.136. The average Bonchev–Trinajstić information content (AvgIpc) is 2.03. The third-order valence-electron chi connectivity index (χ3n) is 7.62. The van der Waals surface area contributed by atoms with Crippen LogP contribution in [0.1, 0.15) is 255 Å². The Balaban J connectivity index is -0.000000105. The monoisotopic (exact) mass is 1350 g/mol. The fraction of sp³-hybridized carbons (Fsp3) is 0.663. The lowest BCUT2D eigenvalue weighted by atomic mass is 9.89. The van der Waals surface area contributed by atoms with Gasteiger partial charge in [0.25, 0.3) is 0 Å². The highest BCUT2D eigenvalue weighted by molar-refractivity contribution is 5.01. The third-order valence-corrected chi connectivity index (χ3v) is 7.62. The van der Waals surface area contributed by atoms with Crippen LogP contribution in [0.2, 0.25) is 0 Å². The summed E-state index contributed by atoms with van der Waals surface area (Å²) in [7, 11) is 9.75. The fourth-order valence-electron chi connectivity index (χ4n) is 4.97. The van der Waals surface area contributed by atoms with E-state index in [-0.39, 0.29) is 22.0 Å². The number of hydrogen-bond donors (Lipinski definition) is 0. The zero-order chi connectivity index (χ0) is 77.7. The predicted octanol–water partition coefficient (Wildman–Crippen LogP) is 27.4. The first-order valence-corrected chi connectivity index (χ1v) is 34.9. The van der Waals surface area contributed by atoms with E-state index >= 15 is 0 Å². The van der Waals surface area contributed by atoms with Crippen LogP contribution in [0, 0.1) is 43.3 Å². The van der Waals surface area contributed by atoms with Crippen molar-refractivity contribution in [1.29, 1.82) is 0 Å². The Kier molecular flexibility index (Phi) is 81.7.